The van der Waals surface area contributed by atoms with E-state index in [-0.39, 0.29) is 0 Å². The van der Waals surface area contributed by atoms with Gasteiger partial charge in [0.2, 0.25) is 0 Å². The van der Waals surface area contributed by atoms with Crippen molar-refractivity contribution < 1.29 is 10.0 Å². The van der Waals surface area contributed by atoms with Crippen LogP contribution in [-0.2, 0) is 0 Å². The molecule has 0 spiro atoms. The van der Waals surface area contributed by atoms with Crippen molar-refractivity contribution in [1.82, 2.24) is 9.97 Å². The first-order valence-electron chi connectivity index (χ1n) is 8.01. The molecule has 4 aromatic rings. The third-order valence-electron chi connectivity index (χ3n) is 4.13. The number of benzene rings is 3. The molecule has 0 bridgehead atoms. The fraction of sp³-hybridized carbons (Fsp3) is 0. The maximum Gasteiger partial charge on any atom is 0.489 e. The first-order chi connectivity index (χ1) is 12.2. The maximum atomic E-state index is 9.67. The van der Waals surface area contributed by atoms with E-state index in [0.29, 0.717) is 16.9 Å². The summed E-state index contributed by atoms with van der Waals surface area (Å²) in [6, 6.07) is 24.8. The smallest absolute Gasteiger partial charge is 0.423 e. The Kier molecular flexibility index (Phi) is 4.02. The molecule has 2 N–H and O–H groups in total. The summed E-state index contributed by atoms with van der Waals surface area (Å²) in [7, 11) is -1.58. The molecule has 0 saturated carbocycles. The first-order valence-corrected chi connectivity index (χ1v) is 8.01. The molecular weight excluding hydrogens is 311 g/mol. The van der Waals surface area contributed by atoms with Gasteiger partial charge in [-0.15, -0.1) is 0 Å². The second-order valence-corrected chi connectivity index (χ2v) is 5.74. The van der Waals surface area contributed by atoms with Gasteiger partial charge in [-0.1, -0.05) is 72.8 Å². The molecule has 0 aliphatic carbocycles. The van der Waals surface area contributed by atoms with Crippen LogP contribution in [-0.4, -0.2) is 27.1 Å². The van der Waals surface area contributed by atoms with E-state index >= 15 is 0 Å². The van der Waals surface area contributed by atoms with Crippen LogP contribution >= 0.6 is 0 Å². The zero-order valence-electron chi connectivity index (χ0n) is 13.4. The molecule has 120 valence electrons. The maximum absolute atomic E-state index is 9.67. The van der Waals surface area contributed by atoms with Crippen LogP contribution in [0.4, 0.5) is 0 Å². The van der Waals surface area contributed by atoms with Crippen LogP contribution in [0.5, 0.6) is 0 Å². The van der Waals surface area contributed by atoms with Crippen LogP contribution in [0.15, 0.2) is 78.9 Å². The predicted octanol–water partition coefficient (Wildman–Crippen LogP) is 2.64. The lowest BCUT2D eigenvalue weighted by Gasteiger charge is -2.11. The van der Waals surface area contributed by atoms with Crippen molar-refractivity contribution in [2.75, 3.05) is 0 Å². The monoisotopic (exact) mass is 326 g/mol. The number of aromatic nitrogens is 2. The Bertz CT molecular complexity index is 1040. The van der Waals surface area contributed by atoms with Gasteiger partial charge in [-0.2, -0.15) is 0 Å². The zero-order chi connectivity index (χ0) is 17.2. The van der Waals surface area contributed by atoms with Gasteiger partial charge in [0.05, 0.1) is 11.2 Å². The van der Waals surface area contributed by atoms with Gasteiger partial charge in [0.1, 0.15) is 0 Å². The quantitative estimate of drug-likeness (QED) is 0.568. The van der Waals surface area contributed by atoms with Crippen LogP contribution in [0, 0.1) is 0 Å². The summed E-state index contributed by atoms with van der Waals surface area (Å²) in [6.45, 7) is 0. The molecule has 0 saturated heterocycles. The lowest BCUT2D eigenvalue weighted by atomic mass is 9.77. The Morgan fingerprint density at radius 1 is 0.680 bits per heavy atom. The summed E-state index contributed by atoms with van der Waals surface area (Å²) in [5, 5.41) is 20.3. The Hall–Kier alpha value is -3.02. The zero-order valence-corrected chi connectivity index (χ0v) is 13.4. The van der Waals surface area contributed by atoms with E-state index in [4.69, 9.17) is 4.98 Å². The van der Waals surface area contributed by atoms with Crippen molar-refractivity contribution in [2.24, 2.45) is 0 Å². The molecule has 0 aliphatic rings. The largest absolute Gasteiger partial charge is 0.489 e. The second-order valence-electron chi connectivity index (χ2n) is 5.74. The first kappa shape index (κ1) is 15.5. The highest BCUT2D eigenvalue weighted by Gasteiger charge is 2.19. The minimum Gasteiger partial charge on any atom is -0.423 e. The Morgan fingerprint density at radius 3 is 2.16 bits per heavy atom. The van der Waals surface area contributed by atoms with Crippen LogP contribution in [0.1, 0.15) is 0 Å². The molecule has 4 nitrogen and oxygen atoms in total. The summed E-state index contributed by atoms with van der Waals surface area (Å²) in [5.41, 5.74) is 3.62. The molecule has 0 unspecified atom stereocenters. The summed E-state index contributed by atoms with van der Waals surface area (Å²) < 4.78 is 0. The van der Waals surface area contributed by atoms with E-state index < -0.39 is 7.12 Å². The third kappa shape index (κ3) is 2.91. The van der Waals surface area contributed by atoms with E-state index in [1.165, 1.54) is 0 Å². The fourth-order valence-corrected chi connectivity index (χ4v) is 2.94. The van der Waals surface area contributed by atoms with E-state index in [9.17, 15) is 10.0 Å². The van der Waals surface area contributed by atoms with Gasteiger partial charge in [-0.3, -0.25) is 0 Å². The highest BCUT2D eigenvalue weighted by atomic mass is 16.4. The van der Waals surface area contributed by atoms with Crippen molar-refractivity contribution in [1.29, 1.82) is 0 Å². The van der Waals surface area contributed by atoms with Gasteiger partial charge in [-0.05, 0) is 11.5 Å². The minimum atomic E-state index is -1.58. The molecule has 3 aromatic carbocycles. The summed E-state index contributed by atoms with van der Waals surface area (Å²) in [6.07, 6.45) is 0. The molecule has 0 radical (unpaired) electrons. The average molecular weight is 326 g/mol. The number of hydrogen-bond donors (Lipinski definition) is 2. The number of hydrogen-bond acceptors (Lipinski definition) is 4. The van der Waals surface area contributed by atoms with Crippen molar-refractivity contribution in [3.05, 3.63) is 78.9 Å². The molecule has 0 amide bonds. The van der Waals surface area contributed by atoms with Crippen molar-refractivity contribution >= 4 is 23.5 Å². The van der Waals surface area contributed by atoms with Crippen LogP contribution in [0.3, 0.4) is 0 Å². The van der Waals surface area contributed by atoms with Gasteiger partial charge >= 0.3 is 7.12 Å². The lowest BCUT2D eigenvalue weighted by molar-refractivity contribution is 0.426. The van der Waals surface area contributed by atoms with Crippen LogP contribution < -0.4 is 5.46 Å². The molecule has 4 rings (SSSR count). The number of rotatable bonds is 3. The van der Waals surface area contributed by atoms with Crippen molar-refractivity contribution in [3.8, 4) is 22.6 Å². The SMILES string of the molecule is OB(O)c1ccccc1-c1nc(-c2ccccc2)c2ccccc2n1. The topological polar surface area (TPSA) is 66.2 Å². The Morgan fingerprint density at radius 2 is 1.36 bits per heavy atom. The summed E-state index contributed by atoms with van der Waals surface area (Å²) in [4.78, 5) is 9.39. The van der Waals surface area contributed by atoms with E-state index in [1.807, 2.05) is 60.7 Å². The van der Waals surface area contributed by atoms with Crippen molar-refractivity contribution in [3.63, 3.8) is 0 Å². The number of fused-ring (bicyclic) bond motifs is 1. The summed E-state index contributed by atoms with van der Waals surface area (Å²) >= 11 is 0. The molecule has 25 heavy (non-hydrogen) atoms. The molecule has 0 atom stereocenters. The van der Waals surface area contributed by atoms with E-state index in [1.54, 1.807) is 18.2 Å². The Balaban J connectivity index is 2.02. The average Bonchev–Trinajstić information content (AvgIpc) is 2.67. The van der Waals surface area contributed by atoms with Gasteiger partial charge in [0.25, 0.3) is 0 Å². The highest BCUT2D eigenvalue weighted by Crippen LogP contribution is 2.28. The molecule has 0 aliphatic heterocycles. The summed E-state index contributed by atoms with van der Waals surface area (Å²) in [5.74, 6) is 0.473. The van der Waals surface area contributed by atoms with Gasteiger partial charge in [-0.25, -0.2) is 9.97 Å². The standard InChI is InChI=1S/C20H15BN2O2/c24-21(25)17-12-6-4-10-15(17)20-22-18-13-7-5-11-16(18)19(23-20)14-8-2-1-3-9-14/h1-13,24-25H. The second kappa shape index (κ2) is 6.47. The molecular formula is C20H15BN2O2. The Labute approximate surface area is 145 Å². The third-order valence-corrected chi connectivity index (χ3v) is 4.13. The lowest BCUT2D eigenvalue weighted by Crippen LogP contribution is -2.31. The molecule has 0 fully saturated rings. The minimum absolute atomic E-state index is 0.386. The number of para-hydroxylation sites is 1. The van der Waals surface area contributed by atoms with E-state index in [0.717, 1.165) is 22.2 Å². The normalized spacial score (nSPS) is 10.8. The van der Waals surface area contributed by atoms with Gasteiger partial charge in [0, 0.05) is 16.5 Å². The molecule has 1 heterocycles. The molecule has 5 heteroatoms. The molecule has 1 aromatic heterocycles. The number of nitrogens with zero attached hydrogens (tertiary/aromatic N) is 2. The van der Waals surface area contributed by atoms with Crippen LogP contribution in [0.2, 0.25) is 0 Å². The van der Waals surface area contributed by atoms with Gasteiger partial charge in [0.15, 0.2) is 5.82 Å². The van der Waals surface area contributed by atoms with E-state index in [2.05, 4.69) is 4.98 Å². The fourth-order valence-electron chi connectivity index (χ4n) is 2.94. The highest BCUT2D eigenvalue weighted by molar-refractivity contribution is 6.60. The van der Waals surface area contributed by atoms with Crippen molar-refractivity contribution in [2.45, 2.75) is 0 Å². The van der Waals surface area contributed by atoms with Gasteiger partial charge < -0.3 is 10.0 Å². The van der Waals surface area contributed by atoms with Crippen LogP contribution in [0.25, 0.3) is 33.5 Å². The predicted molar refractivity (Wildman–Crippen MR) is 100 cm³/mol.